The molecule has 1 aromatic rings. The van der Waals surface area contributed by atoms with E-state index in [9.17, 15) is 0 Å². The molecule has 0 fully saturated rings. The standard InChI is InChI=1S/C11H13Br/c1-3-9(2)11-6-4-5-10(7-11)8-12/h4-7H,2-3,8H2,1H3. The van der Waals surface area contributed by atoms with Crippen molar-refractivity contribution >= 4 is 21.5 Å². The van der Waals surface area contributed by atoms with Gasteiger partial charge in [0.1, 0.15) is 0 Å². The van der Waals surface area contributed by atoms with Crippen molar-refractivity contribution in [2.75, 3.05) is 0 Å². The third-order valence-corrected chi connectivity index (χ3v) is 2.56. The minimum atomic E-state index is 0.915. The molecule has 0 nitrogen and oxygen atoms in total. The first-order valence-electron chi connectivity index (χ1n) is 4.11. The zero-order valence-corrected chi connectivity index (χ0v) is 8.89. The van der Waals surface area contributed by atoms with Crippen LogP contribution in [0.1, 0.15) is 24.5 Å². The Morgan fingerprint density at radius 2 is 2.25 bits per heavy atom. The highest BCUT2D eigenvalue weighted by molar-refractivity contribution is 9.08. The van der Waals surface area contributed by atoms with E-state index in [2.05, 4.69) is 53.7 Å². The third kappa shape index (κ3) is 2.21. The van der Waals surface area contributed by atoms with Gasteiger partial charge in [-0.2, -0.15) is 0 Å². The summed E-state index contributed by atoms with van der Waals surface area (Å²) in [5, 5.41) is 0.915. The minimum absolute atomic E-state index is 0.915. The van der Waals surface area contributed by atoms with Gasteiger partial charge in [0.2, 0.25) is 0 Å². The quantitative estimate of drug-likeness (QED) is 0.682. The summed E-state index contributed by atoms with van der Waals surface area (Å²) in [5.41, 5.74) is 3.77. The molecule has 0 heterocycles. The Hall–Kier alpha value is -0.560. The number of alkyl halides is 1. The Balaban J connectivity index is 2.93. The van der Waals surface area contributed by atoms with Crippen LogP contribution in [-0.2, 0) is 5.33 Å². The molecular formula is C11H13Br. The maximum Gasteiger partial charge on any atom is 0.0283 e. The van der Waals surface area contributed by atoms with Crippen molar-refractivity contribution in [3.8, 4) is 0 Å². The third-order valence-electron chi connectivity index (χ3n) is 1.92. The molecule has 12 heavy (non-hydrogen) atoms. The molecule has 1 rings (SSSR count). The molecule has 0 aromatic heterocycles. The van der Waals surface area contributed by atoms with E-state index in [1.54, 1.807) is 0 Å². The summed E-state index contributed by atoms with van der Waals surface area (Å²) in [6.07, 6.45) is 1.02. The molecule has 0 bridgehead atoms. The molecule has 64 valence electrons. The molecule has 0 saturated heterocycles. The summed E-state index contributed by atoms with van der Waals surface area (Å²) in [7, 11) is 0. The Kier molecular flexibility index (Phi) is 3.54. The lowest BCUT2D eigenvalue weighted by Crippen LogP contribution is -1.83. The van der Waals surface area contributed by atoms with Gasteiger partial charge in [-0.3, -0.25) is 0 Å². The van der Waals surface area contributed by atoms with Gasteiger partial charge < -0.3 is 0 Å². The van der Waals surface area contributed by atoms with Gasteiger partial charge in [-0.05, 0) is 23.1 Å². The lowest BCUT2D eigenvalue weighted by Gasteiger charge is -2.03. The SMILES string of the molecule is C=C(CC)c1cccc(CBr)c1. The van der Waals surface area contributed by atoms with Crippen LogP contribution in [0.25, 0.3) is 5.57 Å². The minimum Gasteiger partial charge on any atom is -0.0952 e. The molecule has 0 saturated carbocycles. The van der Waals surface area contributed by atoms with Crippen LogP contribution in [0.3, 0.4) is 0 Å². The first-order valence-corrected chi connectivity index (χ1v) is 5.23. The molecule has 1 heteroatoms. The second-order valence-corrected chi connectivity index (χ2v) is 3.35. The maximum atomic E-state index is 4.00. The number of hydrogen-bond acceptors (Lipinski definition) is 0. The molecule has 0 unspecified atom stereocenters. The Bertz CT molecular complexity index is 276. The van der Waals surface area contributed by atoms with Crippen molar-refractivity contribution in [2.24, 2.45) is 0 Å². The van der Waals surface area contributed by atoms with E-state index in [0.29, 0.717) is 0 Å². The highest BCUT2D eigenvalue weighted by atomic mass is 79.9. The fourth-order valence-electron chi connectivity index (χ4n) is 1.08. The van der Waals surface area contributed by atoms with Crippen LogP contribution in [0.4, 0.5) is 0 Å². The van der Waals surface area contributed by atoms with Gasteiger partial charge in [0.15, 0.2) is 0 Å². The number of allylic oxidation sites excluding steroid dienone is 1. The van der Waals surface area contributed by atoms with Crippen molar-refractivity contribution < 1.29 is 0 Å². The van der Waals surface area contributed by atoms with Crippen molar-refractivity contribution in [3.63, 3.8) is 0 Å². The summed E-state index contributed by atoms with van der Waals surface area (Å²) in [5.74, 6) is 0. The van der Waals surface area contributed by atoms with E-state index < -0.39 is 0 Å². The lowest BCUT2D eigenvalue weighted by molar-refractivity contribution is 1.24. The van der Waals surface area contributed by atoms with Crippen molar-refractivity contribution in [2.45, 2.75) is 18.7 Å². The van der Waals surface area contributed by atoms with E-state index in [-0.39, 0.29) is 0 Å². The predicted molar refractivity (Wildman–Crippen MR) is 58.4 cm³/mol. The van der Waals surface area contributed by atoms with Crippen molar-refractivity contribution in [3.05, 3.63) is 42.0 Å². The Morgan fingerprint density at radius 3 is 2.83 bits per heavy atom. The van der Waals surface area contributed by atoms with Gasteiger partial charge in [-0.25, -0.2) is 0 Å². The van der Waals surface area contributed by atoms with Crippen LogP contribution in [-0.4, -0.2) is 0 Å². The van der Waals surface area contributed by atoms with Crippen LogP contribution in [0, 0.1) is 0 Å². The molecule has 0 radical (unpaired) electrons. The number of benzene rings is 1. The molecule has 0 atom stereocenters. The van der Waals surface area contributed by atoms with Crippen LogP contribution in [0.5, 0.6) is 0 Å². The summed E-state index contributed by atoms with van der Waals surface area (Å²) in [6.45, 7) is 6.13. The van der Waals surface area contributed by atoms with Crippen LogP contribution in [0.15, 0.2) is 30.8 Å². The predicted octanol–water partition coefficient (Wildman–Crippen LogP) is 4.00. The Morgan fingerprint density at radius 1 is 1.50 bits per heavy atom. The smallest absolute Gasteiger partial charge is 0.0283 e. The van der Waals surface area contributed by atoms with Crippen LogP contribution >= 0.6 is 15.9 Å². The topological polar surface area (TPSA) is 0 Å². The highest BCUT2D eigenvalue weighted by Gasteiger charge is 1.96. The summed E-state index contributed by atoms with van der Waals surface area (Å²) < 4.78 is 0. The molecule has 0 aliphatic carbocycles. The fraction of sp³-hybridized carbons (Fsp3) is 0.273. The molecule has 0 N–H and O–H groups in total. The van der Waals surface area contributed by atoms with Crippen molar-refractivity contribution in [1.82, 2.24) is 0 Å². The molecule has 0 spiro atoms. The monoisotopic (exact) mass is 224 g/mol. The van der Waals surface area contributed by atoms with E-state index >= 15 is 0 Å². The highest BCUT2D eigenvalue weighted by Crippen LogP contribution is 2.17. The fourth-order valence-corrected chi connectivity index (χ4v) is 1.43. The first-order chi connectivity index (χ1) is 5.77. The van der Waals surface area contributed by atoms with E-state index in [4.69, 9.17) is 0 Å². The average molecular weight is 225 g/mol. The molecule has 0 aliphatic rings. The van der Waals surface area contributed by atoms with Gasteiger partial charge in [-0.15, -0.1) is 0 Å². The van der Waals surface area contributed by atoms with Crippen LogP contribution in [0.2, 0.25) is 0 Å². The average Bonchev–Trinajstić information content (AvgIpc) is 2.17. The van der Waals surface area contributed by atoms with Gasteiger partial charge in [0, 0.05) is 5.33 Å². The normalized spacial score (nSPS) is 9.83. The van der Waals surface area contributed by atoms with Gasteiger partial charge in [0.25, 0.3) is 0 Å². The number of halogens is 1. The largest absolute Gasteiger partial charge is 0.0952 e. The summed E-state index contributed by atoms with van der Waals surface area (Å²) in [4.78, 5) is 0. The first kappa shape index (κ1) is 9.53. The molecule has 0 amide bonds. The van der Waals surface area contributed by atoms with Crippen molar-refractivity contribution in [1.29, 1.82) is 0 Å². The second kappa shape index (κ2) is 4.46. The number of rotatable bonds is 3. The van der Waals surface area contributed by atoms with E-state index in [0.717, 1.165) is 11.8 Å². The zero-order chi connectivity index (χ0) is 8.97. The second-order valence-electron chi connectivity index (χ2n) is 2.79. The zero-order valence-electron chi connectivity index (χ0n) is 7.31. The summed E-state index contributed by atoms with van der Waals surface area (Å²) >= 11 is 3.43. The molecule has 1 aromatic carbocycles. The van der Waals surface area contributed by atoms with E-state index in [1.165, 1.54) is 16.7 Å². The lowest BCUT2D eigenvalue weighted by atomic mass is 10.0. The molecule has 0 aliphatic heterocycles. The number of hydrogen-bond donors (Lipinski definition) is 0. The van der Waals surface area contributed by atoms with E-state index in [1.807, 2.05) is 0 Å². The van der Waals surface area contributed by atoms with Gasteiger partial charge >= 0.3 is 0 Å². The molecular weight excluding hydrogens is 212 g/mol. The summed E-state index contributed by atoms with van der Waals surface area (Å²) in [6, 6.07) is 8.48. The van der Waals surface area contributed by atoms with Gasteiger partial charge in [-0.1, -0.05) is 53.7 Å². The maximum absolute atomic E-state index is 4.00. The van der Waals surface area contributed by atoms with Gasteiger partial charge in [0.05, 0.1) is 0 Å². The Labute approximate surface area is 82.4 Å². The van der Waals surface area contributed by atoms with Crippen LogP contribution < -0.4 is 0 Å².